The highest BCUT2D eigenvalue weighted by molar-refractivity contribution is 9.10. The molecule has 0 atom stereocenters. The summed E-state index contributed by atoms with van der Waals surface area (Å²) in [7, 11) is 1.30. The number of nitrogens with zero attached hydrogens (tertiary/aromatic N) is 2. The molecule has 1 heterocycles. The maximum atomic E-state index is 12.6. The molecule has 1 amide bonds. The second-order valence-corrected chi connectivity index (χ2v) is 6.96. The van der Waals surface area contributed by atoms with E-state index in [0.717, 1.165) is 0 Å². The molecule has 0 saturated carbocycles. The Kier molecular flexibility index (Phi) is 6.78. The number of halogens is 3. The molecule has 0 aliphatic heterocycles. The summed E-state index contributed by atoms with van der Waals surface area (Å²) in [6.07, 6.45) is 2.96. The van der Waals surface area contributed by atoms with Gasteiger partial charge in [-0.25, -0.2) is 4.79 Å². The van der Waals surface area contributed by atoms with Crippen molar-refractivity contribution in [3.05, 3.63) is 76.0 Å². The zero-order valence-electron chi connectivity index (χ0n) is 15.6. The monoisotopic (exact) mass is 479 g/mol. The van der Waals surface area contributed by atoms with Gasteiger partial charge in [-0.2, -0.15) is 13.9 Å². The van der Waals surface area contributed by atoms with Crippen molar-refractivity contribution >= 4 is 33.5 Å². The van der Waals surface area contributed by atoms with Crippen molar-refractivity contribution in [1.29, 1.82) is 0 Å². The number of aromatic nitrogens is 2. The highest BCUT2D eigenvalue weighted by Gasteiger charge is 2.18. The molecule has 7 nitrogen and oxygen atoms in total. The lowest BCUT2D eigenvalue weighted by molar-refractivity contribution is -0.0501. The Hall–Kier alpha value is -3.27. The number of anilines is 1. The summed E-state index contributed by atoms with van der Waals surface area (Å²) >= 11 is 3.20. The van der Waals surface area contributed by atoms with E-state index < -0.39 is 18.5 Å². The van der Waals surface area contributed by atoms with Crippen molar-refractivity contribution < 1.29 is 27.8 Å². The number of methoxy groups -OCH3 is 1. The van der Waals surface area contributed by atoms with Gasteiger partial charge in [0.1, 0.15) is 5.75 Å². The van der Waals surface area contributed by atoms with Crippen LogP contribution in [0.15, 0.2) is 59.3 Å². The average molecular weight is 480 g/mol. The molecule has 30 heavy (non-hydrogen) atoms. The molecule has 1 aromatic heterocycles. The van der Waals surface area contributed by atoms with Gasteiger partial charge < -0.3 is 14.8 Å². The largest absolute Gasteiger partial charge is 0.465 e. The minimum atomic E-state index is -3.06. The lowest BCUT2D eigenvalue weighted by Crippen LogP contribution is -2.15. The molecule has 0 spiro atoms. The molecule has 0 radical (unpaired) electrons. The van der Waals surface area contributed by atoms with Crippen LogP contribution in [0.5, 0.6) is 5.75 Å². The van der Waals surface area contributed by atoms with E-state index in [1.807, 2.05) is 0 Å². The predicted octanol–water partition coefficient (Wildman–Crippen LogP) is 4.33. The average Bonchev–Trinajstić information content (AvgIpc) is 3.15. The first-order valence-corrected chi connectivity index (χ1v) is 9.41. The minimum absolute atomic E-state index is 0.0616. The smallest absolute Gasteiger partial charge is 0.387 e. The third kappa shape index (κ3) is 5.20. The Bertz CT molecular complexity index is 1070. The first-order valence-electron chi connectivity index (χ1n) is 8.61. The van der Waals surface area contributed by atoms with E-state index in [2.05, 4.69) is 31.1 Å². The summed E-state index contributed by atoms with van der Waals surface area (Å²) in [6.45, 7) is -2.80. The van der Waals surface area contributed by atoms with E-state index in [1.165, 1.54) is 36.2 Å². The lowest BCUT2D eigenvalue weighted by Gasteiger charge is -2.11. The van der Waals surface area contributed by atoms with E-state index in [1.54, 1.807) is 30.5 Å². The molecule has 0 aliphatic carbocycles. The van der Waals surface area contributed by atoms with Gasteiger partial charge in [-0.3, -0.25) is 9.48 Å². The summed E-state index contributed by atoms with van der Waals surface area (Å²) in [6, 6.07) is 11.1. The molecular formula is C20H16BrF2N3O4. The molecule has 156 valence electrons. The molecule has 2 aromatic carbocycles. The van der Waals surface area contributed by atoms with E-state index in [9.17, 15) is 18.4 Å². The van der Waals surface area contributed by atoms with Crippen LogP contribution < -0.4 is 10.1 Å². The van der Waals surface area contributed by atoms with Gasteiger partial charge in [0, 0.05) is 10.7 Å². The van der Waals surface area contributed by atoms with Gasteiger partial charge in [0.25, 0.3) is 5.91 Å². The maximum Gasteiger partial charge on any atom is 0.387 e. The summed E-state index contributed by atoms with van der Waals surface area (Å²) in [5.74, 6) is -1.35. The third-order valence-corrected chi connectivity index (χ3v) is 4.54. The number of nitrogens with one attached hydrogen (secondary N) is 1. The third-order valence-electron chi connectivity index (χ3n) is 4.05. The maximum absolute atomic E-state index is 12.6. The van der Waals surface area contributed by atoms with Gasteiger partial charge in [-0.05, 0) is 29.8 Å². The molecular weight excluding hydrogens is 464 g/mol. The van der Waals surface area contributed by atoms with Crippen LogP contribution in [0.2, 0.25) is 0 Å². The van der Waals surface area contributed by atoms with E-state index in [0.29, 0.717) is 21.3 Å². The molecule has 3 aromatic rings. The zero-order chi connectivity index (χ0) is 21.7. The summed E-state index contributed by atoms with van der Waals surface area (Å²) < 4.78 is 36.4. The zero-order valence-corrected chi connectivity index (χ0v) is 17.2. The number of alkyl halides is 2. The highest BCUT2D eigenvalue weighted by atomic mass is 79.9. The molecule has 0 aliphatic rings. The number of esters is 1. The fourth-order valence-electron chi connectivity index (χ4n) is 2.73. The number of rotatable bonds is 7. The number of hydrogen-bond acceptors (Lipinski definition) is 5. The molecule has 3 rings (SSSR count). The van der Waals surface area contributed by atoms with Gasteiger partial charge in [-0.15, -0.1) is 0 Å². The van der Waals surface area contributed by atoms with Crippen LogP contribution in [-0.2, 0) is 11.3 Å². The Morgan fingerprint density at radius 2 is 1.97 bits per heavy atom. The van der Waals surface area contributed by atoms with Gasteiger partial charge in [0.15, 0.2) is 0 Å². The lowest BCUT2D eigenvalue weighted by atomic mass is 10.1. The van der Waals surface area contributed by atoms with Crippen LogP contribution in [0.3, 0.4) is 0 Å². The minimum Gasteiger partial charge on any atom is -0.465 e. The van der Waals surface area contributed by atoms with E-state index in [-0.39, 0.29) is 17.9 Å². The van der Waals surface area contributed by atoms with Crippen LogP contribution in [-0.4, -0.2) is 35.4 Å². The number of carbonyl (C=O) groups excluding carboxylic acids is 2. The van der Waals surface area contributed by atoms with Gasteiger partial charge in [-0.1, -0.05) is 34.1 Å². The standard InChI is InChI=1S/C20H16BrF2N3O4/c1-29-19(28)15-5-3-2-4-12(15)10-26-11-14(9-24-26)25-18(27)16-8-13(21)6-7-17(16)30-20(22)23/h2-9,11,20H,10H2,1H3,(H,25,27). The van der Waals surface area contributed by atoms with Crippen molar-refractivity contribution in [2.24, 2.45) is 0 Å². The van der Waals surface area contributed by atoms with Crippen LogP contribution >= 0.6 is 15.9 Å². The quantitative estimate of drug-likeness (QED) is 0.509. The van der Waals surface area contributed by atoms with Crippen molar-refractivity contribution in [1.82, 2.24) is 9.78 Å². The molecule has 0 unspecified atom stereocenters. The number of benzene rings is 2. The first kappa shape index (κ1) is 21.4. The molecule has 0 saturated heterocycles. The normalized spacial score (nSPS) is 10.7. The summed E-state index contributed by atoms with van der Waals surface area (Å²) in [4.78, 5) is 24.5. The highest BCUT2D eigenvalue weighted by Crippen LogP contribution is 2.26. The van der Waals surface area contributed by atoms with Crippen LogP contribution in [0.4, 0.5) is 14.5 Å². The van der Waals surface area contributed by atoms with Crippen molar-refractivity contribution in [2.45, 2.75) is 13.2 Å². The second kappa shape index (κ2) is 9.49. The topological polar surface area (TPSA) is 82.5 Å². The van der Waals surface area contributed by atoms with E-state index >= 15 is 0 Å². The van der Waals surface area contributed by atoms with E-state index in [4.69, 9.17) is 4.74 Å². The molecule has 10 heteroatoms. The number of ether oxygens (including phenoxy) is 2. The van der Waals surface area contributed by atoms with Crippen LogP contribution in [0.1, 0.15) is 26.3 Å². The van der Waals surface area contributed by atoms with Crippen molar-refractivity contribution in [3.8, 4) is 5.75 Å². The SMILES string of the molecule is COC(=O)c1ccccc1Cn1cc(NC(=O)c2cc(Br)ccc2OC(F)F)cn1. The fraction of sp³-hybridized carbons (Fsp3) is 0.150. The van der Waals surface area contributed by atoms with Crippen LogP contribution in [0.25, 0.3) is 0 Å². The van der Waals surface area contributed by atoms with Gasteiger partial charge in [0.05, 0.1) is 36.7 Å². The van der Waals surface area contributed by atoms with Crippen molar-refractivity contribution in [3.63, 3.8) is 0 Å². The Labute approximate surface area is 178 Å². The van der Waals surface area contributed by atoms with Gasteiger partial charge in [0.2, 0.25) is 0 Å². The Morgan fingerprint density at radius 1 is 1.20 bits per heavy atom. The van der Waals surface area contributed by atoms with Crippen molar-refractivity contribution in [2.75, 3.05) is 12.4 Å². The number of carbonyl (C=O) groups is 2. The first-order chi connectivity index (χ1) is 14.4. The summed E-state index contributed by atoms with van der Waals surface area (Å²) in [5.41, 5.74) is 1.38. The predicted molar refractivity (Wildman–Crippen MR) is 108 cm³/mol. The Balaban J connectivity index is 1.76. The van der Waals surface area contributed by atoms with Crippen LogP contribution in [0, 0.1) is 0 Å². The second-order valence-electron chi connectivity index (χ2n) is 6.05. The Morgan fingerprint density at radius 3 is 2.70 bits per heavy atom. The molecule has 0 fully saturated rings. The summed E-state index contributed by atoms with van der Waals surface area (Å²) in [5, 5.41) is 6.76. The molecule has 0 bridgehead atoms. The number of hydrogen-bond donors (Lipinski definition) is 1. The molecule has 1 N–H and O–H groups in total. The van der Waals surface area contributed by atoms with Gasteiger partial charge >= 0.3 is 12.6 Å². The number of amides is 1. The fourth-order valence-corrected chi connectivity index (χ4v) is 3.09.